The molecule has 0 saturated heterocycles. The van der Waals surface area contributed by atoms with E-state index in [1.807, 2.05) is 11.9 Å². The fraction of sp³-hybridized carbons (Fsp3) is 0.462. The maximum atomic E-state index is 11.7. The van der Waals surface area contributed by atoms with Gasteiger partial charge in [-0.25, -0.2) is 9.97 Å². The molecule has 1 rings (SSSR count). The first kappa shape index (κ1) is 14.2. The lowest BCUT2D eigenvalue weighted by Gasteiger charge is -2.16. The van der Waals surface area contributed by atoms with E-state index in [0.717, 1.165) is 19.4 Å². The Bertz CT molecular complexity index is 406. The van der Waals surface area contributed by atoms with Crippen LogP contribution < -0.4 is 10.2 Å². The van der Waals surface area contributed by atoms with Crippen molar-refractivity contribution < 1.29 is 4.79 Å². The Morgan fingerprint density at radius 2 is 2.39 bits per heavy atom. The van der Waals surface area contributed by atoms with Crippen LogP contribution in [0.15, 0.2) is 24.9 Å². The number of hydrogen-bond acceptors (Lipinski definition) is 4. The van der Waals surface area contributed by atoms with Gasteiger partial charge in [0.25, 0.3) is 5.91 Å². The van der Waals surface area contributed by atoms with Crippen molar-refractivity contribution >= 4 is 11.9 Å². The molecule has 0 saturated carbocycles. The van der Waals surface area contributed by atoms with E-state index in [1.165, 1.54) is 0 Å². The van der Waals surface area contributed by atoms with E-state index in [2.05, 4.69) is 28.8 Å². The number of carbonyl (C=O) groups is 1. The topological polar surface area (TPSA) is 58.1 Å². The molecule has 1 amide bonds. The van der Waals surface area contributed by atoms with Gasteiger partial charge >= 0.3 is 0 Å². The van der Waals surface area contributed by atoms with E-state index in [4.69, 9.17) is 0 Å². The molecule has 18 heavy (non-hydrogen) atoms. The van der Waals surface area contributed by atoms with Crippen LogP contribution in [-0.4, -0.2) is 36.0 Å². The number of nitrogens with one attached hydrogen (secondary N) is 1. The van der Waals surface area contributed by atoms with Gasteiger partial charge in [0.15, 0.2) is 0 Å². The predicted molar refractivity (Wildman–Crippen MR) is 72.7 cm³/mol. The summed E-state index contributed by atoms with van der Waals surface area (Å²) in [5, 5.41) is 2.69. The van der Waals surface area contributed by atoms with Gasteiger partial charge in [0.05, 0.1) is 0 Å². The molecule has 1 heterocycles. The average Bonchev–Trinajstić information content (AvgIpc) is 2.42. The van der Waals surface area contributed by atoms with Gasteiger partial charge in [-0.05, 0) is 12.5 Å². The van der Waals surface area contributed by atoms with Crippen LogP contribution in [0.3, 0.4) is 0 Å². The smallest absolute Gasteiger partial charge is 0.270 e. The van der Waals surface area contributed by atoms with E-state index in [9.17, 15) is 4.79 Å². The van der Waals surface area contributed by atoms with Crippen LogP contribution in [0.2, 0.25) is 0 Å². The zero-order valence-electron chi connectivity index (χ0n) is 11.0. The standard InChI is InChI=1S/C13H20N4O/c1-4-6-10-17(3)13-15-9-7-11(16-13)12(18)14-8-5-2/h5,7,9H,2,4,6,8,10H2,1,3H3,(H,14,18). The van der Waals surface area contributed by atoms with E-state index in [1.54, 1.807) is 18.3 Å². The van der Waals surface area contributed by atoms with Crippen molar-refractivity contribution in [1.82, 2.24) is 15.3 Å². The van der Waals surface area contributed by atoms with Crippen LogP contribution in [0.1, 0.15) is 30.3 Å². The van der Waals surface area contributed by atoms with Gasteiger partial charge in [-0.1, -0.05) is 19.4 Å². The fourth-order valence-corrected chi connectivity index (χ4v) is 1.41. The van der Waals surface area contributed by atoms with Crippen molar-refractivity contribution in [2.24, 2.45) is 0 Å². The van der Waals surface area contributed by atoms with Crippen LogP contribution in [0, 0.1) is 0 Å². The van der Waals surface area contributed by atoms with E-state index in [0.29, 0.717) is 18.2 Å². The molecular formula is C13H20N4O. The lowest BCUT2D eigenvalue weighted by Crippen LogP contribution is -2.26. The highest BCUT2D eigenvalue weighted by Gasteiger charge is 2.09. The molecule has 0 bridgehead atoms. The van der Waals surface area contributed by atoms with E-state index < -0.39 is 0 Å². The molecule has 1 aromatic rings. The Kier molecular flexibility index (Phi) is 5.84. The summed E-state index contributed by atoms with van der Waals surface area (Å²) in [6, 6.07) is 1.61. The van der Waals surface area contributed by atoms with E-state index in [-0.39, 0.29) is 5.91 Å². The van der Waals surface area contributed by atoms with Gasteiger partial charge < -0.3 is 10.2 Å². The van der Waals surface area contributed by atoms with Gasteiger partial charge in [0.1, 0.15) is 5.69 Å². The summed E-state index contributed by atoms with van der Waals surface area (Å²) in [5.41, 5.74) is 0.380. The van der Waals surface area contributed by atoms with Gasteiger partial charge in [-0.15, -0.1) is 6.58 Å². The lowest BCUT2D eigenvalue weighted by atomic mass is 10.3. The molecule has 0 aliphatic heterocycles. The molecule has 0 unspecified atom stereocenters. The molecule has 1 aromatic heterocycles. The average molecular weight is 248 g/mol. The first-order valence-corrected chi connectivity index (χ1v) is 6.12. The molecule has 0 aliphatic rings. The number of nitrogens with zero attached hydrogens (tertiary/aromatic N) is 3. The number of anilines is 1. The van der Waals surface area contributed by atoms with Crippen molar-refractivity contribution in [3.63, 3.8) is 0 Å². The molecule has 5 nitrogen and oxygen atoms in total. The molecule has 0 aromatic carbocycles. The highest BCUT2D eigenvalue weighted by Crippen LogP contribution is 2.06. The number of carbonyl (C=O) groups excluding carboxylic acids is 1. The van der Waals surface area contributed by atoms with Crippen molar-refractivity contribution in [1.29, 1.82) is 0 Å². The molecule has 0 spiro atoms. The van der Waals surface area contributed by atoms with Gasteiger partial charge in [0, 0.05) is 26.3 Å². The Morgan fingerprint density at radius 1 is 1.61 bits per heavy atom. The molecular weight excluding hydrogens is 228 g/mol. The van der Waals surface area contributed by atoms with Crippen LogP contribution in [0.5, 0.6) is 0 Å². The molecule has 0 aliphatic carbocycles. The Hall–Kier alpha value is -1.91. The summed E-state index contributed by atoms with van der Waals surface area (Å²) in [4.78, 5) is 22.1. The largest absolute Gasteiger partial charge is 0.347 e. The Labute approximate surface area is 108 Å². The van der Waals surface area contributed by atoms with Crippen LogP contribution >= 0.6 is 0 Å². The number of aromatic nitrogens is 2. The Balaban J connectivity index is 2.72. The van der Waals surface area contributed by atoms with Crippen LogP contribution in [0.4, 0.5) is 5.95 Å². The summed E-state index contributed by atoms with van der Waals surface area (Å²) in [6.45, 7) is 7.00. The van der Waals surface area contributed by atoms with Gasteiger partial charge in [-0.2, -0.15) is 0 Å². The number of amides is 1. The van der Waals surface area contributed by atoms with Crippen molar-refractivity contribution in [2.75, 3.05) is 25.0 Å². The molecule has 0 fully saturated rings. The first-order valence-electron chi connectivity index (χ1n) is 6.12. The predicted octanol–water partition coefficient (Wildman–Crippen LogP) is 1.63. The fourth-order valence-electron chi connectivity index (χ4n) is 1.41. The van der Waals surface area contributed by atoms with E-state index >= 15 is 0 Å². The van der Waals surface area contributed by atoms with Crippen molar-refractivity contribution in [3.8, 4) is 0 Å². The molecule has 0 atom stereocenters. The summed E-state index contributed by atoms with van der Waals surface area (Å²) >= 11 is 0. The molecule has 1 N–H and O–H groups in total. The first-order chi connectivity index (χ1) is 8.69. The highest BCUT2D eigenvalue weighted by molar-refractivity contribution is 5.92. The monoisotopic (exact) mass is 248 g/mol. The van der Waals surface area contributed by atoms with Crippen LogP contribution in [0.25, 0.3) is 0 Å². The van der Waals surface area contributed by atoms with Crippen molar-refractivity contribution in [3.05, 3.63) is 30.6 Å². The van der Waals surface area contributed by atoms with Crippen molar-refractivity contribution in [2.45, 2.75) is 19.8 Å². The third-order valence-corrected chi connectivity index (χ3v) is 2.47. The highest BCUT2D eigenvalue weighted by atomic mass is 16.1. The zero-order chi connectivity index (χ0) is 13.4. The second-order valence-corrected chi connectivity index (χ2v) is 4.02. The normalized spacial score (nSPS) is 9.89. The number of rotatable bonds is 7. The number of hydrogen-bond donors (Lipinski definition) is 1. The third kappa shape index (κ3) is 4.16. The van der Waals surface area contributed by atoms with Gasteiger partial charge in [-0.3, -0.25) is 4.79 Å². The second-order valence-electron chi connectivity index (χ2n) is 4.02. The minimum Gasteiger partial charge on any atom is -0.347 e. The SMILES string of the molecule is C=CCNC(=O)c1ccnc(N(C)CCCC)n1. The quantitative estimate of drug-likeness (QED) is 0.745. The minimum absolute atomic E-state index is 0.206. The summed E-state index contributed by atoms with van der Waals surface area (Å²) < 4.78 is 0. The molecule has 0 radical (unpaired) electrons. The zero-order valence-corrected chi connectivity index (χ0v) is 11.0. The lowest BCUT2D eigenvalue weighted by molar-refractivity contribution is 0.0953. The Morgan fingerprint density at radius 3 is 3.06 bits per heavy atom. The number of unbranched alkanes of at least 4 members (excludes halogenated alkanes) is 1. The van der Waals surface area contributed by atoms with Gasteiger partial charge in [0.2, 0.25) is 5.95 Å². The molecule has 5 heteroatoms. The van der Waals surface area contributed by atoms with Crippen LogP contribution in [-0.2, 0) is 0 Å². The third-order valence-electron chi connectivity index (χ3n) is 2.47. The summed E-state index contributed by atoms with van der Waals surface area (Å²) in [7, 11) is 1.93. The second kappa shape index (κ2) is 7.42. The molecule has 98 valence electrons. The minimum atomic E-state index is -0.206. The summed E-state index contributed by atoms with van der Waals surface area (Å²) in [6.07, 6.45) is 5.43. The summed E-state index contributed by atoms with van der Waals surface area (Å²) in [5.74, 6) is 0.372. The maximum absolute atomic E-state index is 11.7. The maximum Gasteiger partial charge on any atom is 0.270 e.